The normalized spacial score (nSPS) is 22.0. The van der Waals surface area contributed by atoms with E-state index in [1.54, 1.807) is 21.3 Å². The number of benzene rings is 1. The molecule has 7 nitrogen and oxygen atoms in total. The van der Waals surface area contributed by atoms with Crippen LogP contribution in [0.15, 0.2) is 29.2 Å². The van der Waals surface area contributed by atoms with E-state index in [1.807, 2.05) is 0 Å². The summed E-state index contributed by atoms with van der Waals surface area (Å²) in [6.07, 6.45) is 6.37. The summed E-state index contributed by atoms with van der Waals surface area (Å²) in [4.78, 5) is 26.4. The highest BCUT2D eigenvalue weighted by molar-refractivity contribution is 7.89. The highest BCUT2D eigenvalue weighted by Gasteiger charge is 2.28. The third-order valence-corrected chi connectivity index (χ3v) is 7.53. The van der Waals surface area contributed by atoms with Gasteiger partial charge in [0, 0.05) is 31.7 Å². The van der Waals surface area contributed by atoms with Crippen molar-refractivity contribution in [2.45, 2.75) is 56.8 Å². The largest absolute Gasteiger partial charge is 0.333 e. The average molecular weight is 422 g/mol. The fraction of sp³-hybridized carbons (Fsp3) is 0.619. The van der Waals surface area contributed by atoms with E-state index in [0.29, 0.717) is 37.7 Å². The molecule has 2 amide bonds. The molecule has 2 heterocycles. The van der Waals surface area contributed by atoms with Gasteiger partial charge in [0.2, 0.25) is 21.8 Å². The molecule has 29 heavy (non-hydrogen) atoms. The van der Waals surface area contributed by atoms with Gasteiger partial charge in [0.1, 0.15) is 0 Å². The lowest BCUT2D eigenvalue weighted by Crippen LogP contribution is -2.39. The van der Waals surface area contributed by atoms with Crippen molar-refractivity contribution in [1.29, 1.82) is 0 Å². The van der Waals surface area contributed by atoms with Crippen LogP contribution in [0.25, 0.3) is 0 Å². The van der Waals surface area contributed by atoms with E-state index in [0.717, 1.165) is 38.5 Å². The molecule has 1 N–H and O–H groups in total. The van der Waals surface area contributed by atoms with Crippen LogP contribution >= 0.6 is 0 Å². The van der Waals surface area contributed by atoms with Gasteiger partial charge in [0.05, 0.1) is 11.4 Å². The van der Waals surface area contributed by atoms with E-state index >= 15 is 0 Å². The molecule has 1 atom stereocenters. The Morgan fingerprint density at radius 3 is 2.52 bits per heavy atom. The Hall–Kier alpha value is -1.93. The molecule has 2 saturated heterocycles. The first kappa shape index (κ1) is 21.8. The molecular weight excluding hydrogens is 390 g/mol. The second-order valence-corrected chi connectivity index (χ2v) is 10.1. The standard InChI is InChI=1S/C21H31N3O4S/c1-17-7-6-14-24(15-17)29(27,28)19-11-9-18(10-12-19)22-20(25)16-23-13-5-3-2-4-8-21(23)26/h9-12,17H,2-8,13-16H2,1H3,(H,22,25). The average Bonchev–Trinajstić information content (AvgIpc) is 2.68. The summed E-state index contributed by atoms with van der Waals surface area (Å²) in [5, 5.41) is 2.77. The first-order chi connectivity index (χ1) is 13.9. The second-order valence-electron chi connectivity index (χ2n) is 8.16. The Labute approximate surface area is 173 Å². The van der Waals surface area contributed by atoms with Crippen molar-refractivity contribution in [2.75, 3.05) is 31.5 Å². The molecule has 2 aliphatic rings. The number of anilines is 1. The zero-order valence-corrected chi connectivity index (χ0v) is 17.9. The maximum atomic E-state index is 12.8. The first-order valence-corrected chi connectivity index (χ1v) is 12.0. The predicted molar refractivity (Wildman–Crippen MR) is 112 cm³/mol. The Morgan fingerprint density at radius 1 is 1.07 bits per heavy atom. The summed E-state index contributed by atoms with van der Waals surface area (Å²) in [7, 11) is -3.51. The zero-order valence-electron chi connectivity index (χ0n) is 17.1. The Bertz CT molecular complexity index is 823. The molecule has 0 aliphatic carbocycles. The van der Waals surface area contributed by atoms with Crippen LogP contribution in [0.1, 0.15) is 51.9 Å². The number of rotatable bonds is 5. The van der Waals surface area contributed by atoms with Gasteiger partial charge in [-0.2, -0.15) is 4.31 Å². The van der Waals surface area contributed by atoms with E-state index in [4.69, 9.17) is 0 Å². The monoisotopic (exact) mass is 421 g/mol. The van der Waals surface area contributed by atoms with Crippen LogP contribution < -0.4 is 5.32 Å². The minimum Gasteiger partial charge on any atom is -0.333 e. The van der Waals surface area contributed by atoms with Gasteiger partial charge in [-0.25, -0.2) is 8.42 Å². The number of carbonyl (C=O) groups excluding carboxylic acids is 2. The Balaban J connectivity index is 1.59. The van der Waals surface area contributed by atoms with Crippen molar-refractivity contribution in [3.05, 3.63) is 24.3 Å². The molecule has 1 aromatic rings. The van der Waals surface area contributed by atoms with Crippen LogP contribution in [0.4, 0.5) is 5.69 Å². The number of carbonyl (C=O) groups is 2. The van der Waals surface area contributed by atoms with E-state index < -0.39 is 10.0 Å². The van der Waals surface area contributed by atoms with Crippen molar-refractivity contribution >= 4 is 27.5 Å². The third kappa shape index (κ3) is 5.79. The molecule has 160 valence electrons. The molecule has 1 unspecified atom stereocenters. The summed E-state index contributed by atoms with van der Waals surface area (Å²) >= 11 is 0. The van der Waals surface area contributed by atoms with Crippen molar-refractivity contribution in [1.82, 2.24) is 9.21 Å². The highest BCUT2D eigenvalue weighted by atomic mass is 32.2. The fourth-order valence-electron chi connectivity index (χ4n) is 3.98. The van der Waals surface area contributed by atoms with Crippen LogP contribution in [0.3, 0.4) is 0 Å². The van der Waals surface area contributed by atoms with Crippen molar-refractivity contribution in [2.24, 2.45) is 5.92 Å². The van der Waals surface area contributed by atoms with Crippen molar-refractivity contribution in [3.63, 3.8) is 0 Å². The van der Waals surface area contributed by atoms with Gasteiger partial charge >= 0.3 is 0 Å². The molecule has 1 aromatic carbocycles. The molecule has 8 heteroatoms. The molecular formula is C21H31N3O4S. The van der Waals surface area contributed by atoms with Gasteiger partial charge in [-0.15, -0.1) is 0 Å². The van der Waals surface area contributed by atoms with E-state index in [1.165, 1.54) is 12.1 Å². The number of nitrogens with one attached hydrogen (secondary N) is 1. The number of hydrogen-bond donors (Lipinski definition) is 1. The van der Waals surface area contributed by atoms with Crippen LogP contribution in [-0.4, -0.2) is 55.6 Å². The summed E-state index contributed by atoms with van der Waals surface area (Å²) in [5.41, 5.74) is 0.528. The zero-order chi connectivity index (χ0) is 20.9. The lowest BCUT2D eigenvalue weighted by atomic mass is 10.0. The van der Waals surface area contributed by atoms with Crippen LogP contribution in [0.2, 0.25) is 0 Å². The van der Waals surface area contributed by atoms with Gasteiger partial charge < -0.3 is 10.2 Å². The summed E-state index contributed by atoms with van der Waals surface area (Å²) in [6.45, 7) is 3.80. The van der Waals surface area contributed by atoms with Gasteiger partial charge in [0.15, 0.2) is 0 Å². The quantitative estimate of drug-likeness (QED) is 0.792. The number of sulfonamides is 1. The Kier molecular flexibility index (Phi) is 7.29. The van der Waals surface area contributed by atoms with Gasteiger partial charge in [-0.3, -0.25) is 9.59 Å². The van der Waals surface area contributed by atoms with E-state index in [9.17, 15) is 18.0 Å². The SMILES string of the molecule is CC1CCCN(S(=O)(=O)c2ccc(NC(=O)CN3CCCCCCC3=O)cc2)C1. The highest BCUT2D eigenvalue weighted by Crippen LogP contribution is 2.24. The predicted octanol–water partition coefficient (Wildman–Crippen LogP) is 2.84. The molecule has 2 fully saturated rings. The minimum absolute atomic E-state index is 0.0250. The van der Waals surface area contributed by atoms with Crippen molar-refractivity contribution < 1.29 is 18.0 Å². The maximum Gasteiger partial charge on any atom is 0.243 e. The molecule has 0 radical (unpaired) electrons. The molecule has 2 aliphatic heterocycles. The maximum absolute atomic E-state index is 12.8. The minimum atomic E-state index is -3.51. The van der Waals surface area contributed by atoms with Gasteiger partial charge in [-0.1, -0.05) is 19.8 Å². The van der Waals surface area contributed by atoms with Gasteiger partial charge in [-0.05, 0) is 55.9 Å². The molecule has 0 spiro atoms. The van der Waals surface area contributed by atoms with E-state index in [2.05, 4.69) is 12.2 Å². The number of nitrogens with zero attached hydrogens (tertiary/aromatic N) is 2. The molecule has 3 rings (SSSR count). The molecule has 0 bridgehead atoms. The topological polar surface area (TPSA) is 86.8 Å². The summed E-state index contributed by atoms with van der Waals surface area (Å²) in [6, 6.07) is 6.28. The van der Waals surface area contributed by atoms with E-state index in [-0.39, 0.29) is 23.3 Å². The number of piperidine rings is 1. The lowest BCUT2D eigenvalue weighted by Gasteiger charge is -2.30. The summed E-state index contributed by atoms with van der Waals surface area (Å²) < 4.78 is 27.2. The Morgan fingerprint density at radius 2 is 1.79 bits per heavy atom. The van der Waals surface area contributed by atoms with Crippen LogP contribution in [0, 0.1) is 5.92 Å². The van der Waals surface area contributed by atoms with Gasteiger partial charge in [0.25, 0.3) is 0 Å². The molecule has 0 aromatic heterocycles. The number of amides is 2. The van der Waals surface area contributed by atoms with Crippen LogP contribution in [-0.2, 0) is 19.6 Å². The lowest BCUT2D eigenvalue weighted by molar-refractivity contribution is -0.135. The number of likely N-dealkylation sites (tertiary alicyclic amines) is 1. The fourth-order valence-corrected chi connectivity index (χ4v) is 5.58. The second kappa shape index (κ2) is 9.71. The number of hydrogen-bond acceptors (Lipinski definition) is 4. The summed E-state index contributed by atoms with van der Waals surface area (Å²) in [5.74, 6) is 0.125. The van der Waals surface area contributed by atoms with Crippen LogP contribution in [0.5, 0.6) is 0 Å². The third-order valence-electron chi connectivity index (χ3n) is 5.65. The van der Waals surface area contributed by atoms with Crippen molar-refractivity contribution in [3.8, 4) is 0 Å². The molecule has 0 saturated carbocycles. The first-order valence-electron chi connectivity index (χ1n) is 10.5. The smallest absolute Gasteiger partial charge is 0.243 e.